The molecule has 1 aliphatic rings. The molecule has 1 aliphatic heterocycles. The summed E-state index contributed by atoms with van der Waals surface area (Å²) in [6.07, 6.45) is -5.48. The van der Waals surface area contributed by atoms with Crippen LogP contribution in [0.2, 0.25) is 5.02 Å². The van der Waals surface area contributed by atoms with Crippen LogP contribution in [0, 0.1) is 13.8 Å². The van der Waals surface area contributed by atoms with Gasteiger partial charge in [0.05, 0.1) is 22.9 Å². The third-order valence-corrected chi connectivity index (χ3v) is 6.96. The average molecular weight is 586 g/mol. The van der Waals surface area contributed by atoms with Gasteiger partial charge in [-0.05, 0) is 61.4 Å². The minimum Gasteiger partial charge on any atom is -0.449 e. The van der Waals surface area contributed by atoms with E-state index in [1.54, 1.807) is 26.0 Å². The van der Waals surface area contributed by atoms with Crippen LogP contribution in [0.1, 0.15) is 44.0 Å². The molecular weight excluding hydrogens is 567 g/mol. The summed E-state index contributed by atoms with van der Waals surface area (Å²) in [5, 5.41) is 0.158. The minimum atomic E-state index is -5.10. The van der Waals surface area contributed by atoms with Gasteiger partial charge in [-0.2, -0.15) is 13.2 Å². The summed E-state index contributed by atoms with van der Waals surface area (Å²) in [5.74, 6) is -4.94. The molecule has 1 aromatic heterocycles. The maximum absolute atomic E-state index is 13.9. The van der Waals surface area contributed by atoms with Crippen LogP contribution in [0.5, 0.6) is 17.2 Å². The summed E-state index contributed by atoms with van der Waals surface area (Å²) in [7, 11) is 0. The van der Waals surface area contributed by atoms with Gasteiger partial charge in [-0.1, -0.05) is 23.7 Å². The van der Waals surface area contributed by atoms with Gasteiger partial charge >= 0.3 is 12.1 Å². The third-order valence-electron chi connectivity index (χ3n) is 6.36. The van der Waals surface area contributed by atoms with E-state index in [0.29, 0.717) is 16.1 Å². The summed E-state index contributed by atoms with van der Waals surface area (Å²) >= 11 is 6.12. The fraction of sp³-hybridized carbons (Fsp3) is 0.172. The Bertz CT molecular complexity index is 1750. The van der Waals surface area contributed by atoms with Gasteiger partial charge in [-0.25, -0.2) is 0 Å². The van der Waals surface area contributed by atoms with E-state index in [-0.39, 0.29) is 41.0 Å². The lowest BCUT2D eigenvalue weighted by atomic mass is 10.1. The SMILES string of the molecule is Cc1cc(Oc2c(C(F)(F)F)oc3cc(OC(=O)CCN4C(=O)c5ccccc5C4=O)ccc3c2=O)cc(C)c1Cl. The monoisotopic (exact) mass is 585 g/mol. The summed E-state index contributed by atoms with van der Waals surface area (Å²) in [5.41, 5.74) is -0.0676. The van der Waals surface area contributed by atoms with Crippen LogP contribution in [0.15, 0.2) is 63.8 Å². The quantitative estimate of drug-likeness (QED) is 0.145. The van der Waals surface area contributed by atoms with Gasteiger partial charge in [0.15, 0.2) is 0 Å². The number of benzene rings is 3. The molecule has 41 heavy (non-hydrogen) atoms. The molecule has 0 radical (unpaired) electrons. The van der Waals surface area contributed by atoms with Crippen molar-refractivity contribution in [3.05, 3.63) is 97.9 Å². The van der Waals surface area contributed by atoms with Crippen LogP contribution in [-0.4, -0.2) is 29.2 Å². The highest BCUT2D eigenvalue weighted by Crippen LogP contribution is 2.39. The predicted octanol–water partition coefficient (Wildman–Crippen LogP) is 6.47. The van der Waals surface area contributed by atoms with E-state index in [0.717, 1.165) is 17.0 Å². The lowest BCUT2D eigenvalue weighted by Crippen LogP contribution is -2.32. The Morgan fingerprint density at radius 2 is 1.54 bits per heavy atom. The first-order valence-electron chi connectivity index (χ1n) is 12.1. The molecule has 2 heterocycles. The van der Waals surface area contributed by atoms with Crippen molar-refractivity contribution in [1.29, 1.82) is 0 Å². The highest BCUT2D eigenvalue weighted by atomic mass is 35.5. The van der Waals surface area contributed by atoms with E-state index in [2.05, 4.69) is 0 Å². The van der Waals surface area contributed by atoms with Crippen molar-refractivity contribution in [1.82, 2.24) is 4.90 Å². The van der Waals surface area contributed by atoms with Crippen LogP contribution in [0.3, 0.4) is 0 Å². The molecular formula is C29H19ClF3NO7. The Morgan fingerprint density at radius 3 is 2.12 bits per heavy atom. The van der Waals surface area contributed by atoms with Crippen molar-refractivity contribution in [2.24, 2.45) is 0 Å². The first-order chi connectivity index (χ1) is 19.3. The number of halogens is 4. The van der Waals surface area contributed by atoms with Crippen molar-refractivity contribution in [3.8, 4) is 17.2 Å². The Morgan fingerprint density at radius 1 is 0.927 bits per heavy atom. The van der Waals surface area contributed by atoms with E-state index in [9.17, 15) is 32.3 Å². The molecule has 0 atom stereocenters. The average Bonchev–Trinajstić information content (AvgIpc) is 3.16. The number of carbonyl (C=O) groups is 3. The Balaban J connectivity index is 1.38. The lowest BCUT2D eigenvalue weighted by molar-refractivity contribution is -0.154. The first kappa shape index (κ1) is 27.9. The molecule has 0 N–H and O–H groups in total. The lowest BCUT2D eigenvalue weighted by Gasteiger charge is -2.15. The van der Waals surface area contributed by atoms with Crippen LogP contribution in [-0.2, 0) is 11.0 Å². The standard InChI is InChI=1S/C29H19ClF3NO7/c1-14-11-17(12-15(2)23(14)30)40-25-24(36)20-8-7-16(13-21(20)41-26(25)29(31,32)33)39-22(35)9-10-34-27(37)18-5-3-4-6-19(18)28(34)38/h3-8,11-13H,9-10H2,1-2H3. The van der Waals surface area contributed by atoms with Gasteiger partial charge in [0.2, 0.25) is 11.2 Å². The van der Waals surface area contributed by atoms with E-state index in [1.165, 1.54) is 30.3 Å². The van der Waals surface area contributed by atoms with Gasteiger partial charge in [0.25, 0.3) is 17.6 Å². The van der Waals surface area contributed by atoms with Crippen LogP contribution in [0.4, 0.5) is 13.2 Å². The topological polar surface area (TPSA) is 103 Å². The number of alkyl halides is 3. The van der Waals surface area contributed by atoms with E-state index >= 15 is 0 Å². The molecule has 0 aliphatic carbocycles. The van der Waals surface area contributed by atoms with Gasteiger partial charge in [0, 0.05) is 17.6 Å². The van der Waals surface area contributed by atoms with Gasteiger partial charge in [0.1, 0.15) is 17.1 Å². The van der Waals surface area contributed by atoms with Crippen molar-refractivity contribution >= 4 is 40.4 Å². The molecule has 0 saturated carbocycles. The van der Waals surface area contributed by atoms with Crippen molar-refractivity contribution in [3.63, 3.8) is 0 Å². The zero-order valence-electron chi connectivity index (χ0n) is 21.4. The maximum atomic E-state index is 13.9. The fourth-order valence-corrected chi connectivity index (χ4v) is 4.52. The zero-order valence-corrected chi connectivity index (χ0v) is 22.2. The number of imide groups is 1. The van der Waals surface area contributed by atoms with Gasteiger partial charge in [-0.3, -0.25) is 24.1 Å². The molecule has 12 heteroatoms. The number of hydrogen-bond donors (Lipinski definition) is 0. The molecule has 3 aromatic carbocycles. The van der Waals surface area contributed by atoms with Crippen molar-refractivity contribution < 1.29 is 41.4 Å². The molecule has 5 rings (SSSR count). The summed E-state index contributed by atoms with van der Waals surface area (Å²) < 4.78 is 57.4. The summed E-state index contributed by atoms with van der Waals surface area (Å²) in [6, 6.07) is 12.3. The van der Waals surface area contributed by atoms with Crippen LogP contribution >= 0.6 is 11.6 Å². The number of rotatable bonds is 6. The third kappa shape index (κ3) is 5.28. The maximum Gasteiger partial charge on any atom is 0.453 e. The first-order valence-corrected chi connectivity index (χ1v) is 12.5. The highest BCUT2D eigenvalue weighted by Gasteiger charge is 2.41. The Labute approximate surface area is 234 Å². The van der Waals surface area contributed by atoms with Crippen LogP contribution in [0.25, 0.3) is 11.0 Å². The molecule has 0 saturated heterocycles. The summed E-state index contributed by atoms with van der Waals surface area (Å²) in [4.78, 5) is 51.4. The van der Waals surface area contributed by atoms with Crippen LogP contribution < -0.4 is 14.9 Å². The normalized spacial score (nSPS) is 13.1. The number of aryl methyl sites for hydroxylation is 2. The number of nitrogens with zero attached hydrogens (tertiary/aromatic N) is 1. The molecule has 2 amide bonds. The number of esters is 1. The molecule has 0 unspecified atom stereocenters. The molecule has 0 fully saturated rings. The second kappa shape index (κ2) is 10.4. The van der Waals surface area contributed by atoms with Gasteiger partial charge < -0.3 is 13.9 Å². The van der Waals surface area contributed by atoms with Gasteiger partial charge in [-0.15, -0.1) is 0 Å². The largest absolute Gasteiger partial charge is 0.453 e. The van der Waals surface area contributed by atoms with Crippen molar-refractivity contribution in [2.75, 3.05) is 6.54 Å². The van der Waals surface area contributed by atoms with E-state index in [4.69, 9.17) is 25.5 Å². The van der Waals surface area contributed by atoms with E-state index < -0.39 is 46.5 Å². The summed E-state index contributed by atoms with van der Waals surface area (Å²) in [6.45, 7) is 3.01. The molecule has 4 aromatic rings. The number of carbonyl (C=O) groups excluding carboxylic acids is 3. The zero-order chi connectivity index (χ0) is 29.6. The molecule has 8 nitrogen and oxygen atoms in total. The predicted molar refractivity (Wildman–Crippen MR) is 141 cm³/mol. The number of fused-ring (bicyclic) bond motifs is 2. The number of amides is 2. The smallest absolute Gasteiger partial charge is 0.449 e. The fourth-order valence-electron chi connectivity index (χ4n) is 4.41. The van der Waals surface area contributed by atoms with Crippen molar-refractivity contribution in [2.45, 2.75) is 26.4 Å². The Hall–Kier alpha value is -4.64. The minimum absolute atomic E-state index is 0.0369. The number of hydrogen-bond acceptors (Lipinski definition) is 7. The Kier molecular flexibility index (Phi) is 7.08. The number of ether oxygens (including phenoxy) is 2. The van der Waals surface area contributed by atoms with E-state index in [1.807, 2.05) is 0 Å². The molecule has 0 bridgehead atoms. The molecule has 0 spiro atoms. The second-order valence-corrected chi connectivity index (χ2v) is 9.63. The molecule has 210 valence electrons. The second-order valence-electron chi connectivity index (χ2n) is 9.25. The highest BCUT2D eigenvalue weighted by molar-refractivity contribution is 6.32.